The lowest BCUT2D eigenvalue weighted by Crippen LogP contribution is -2.57. The van der Waals surface area contributed by atoms with E-state index in [-0.39, 0.29) is 46.5 Å². The lowest BCUT2D eigenvalue weighted by atomic mass is 9.46. The number of esters is 1. The predicted octanol–water partition coefficient (Wildman–Crippen LogP) is 4.82. The van der Waals surface area contributed by atoms with Crippen LogP contribution in [0.1, 0.15) is 57.7 Å². The Morgan fingerprint density at radius 3 is 2.68 bits per heavy atom. The summed E-state index contributed by atoms with van der Waals surface area (Å²) in [6.45, 7) is 5.79. The number of hydrogen-bond acceptors (Lipinski definition) is 6. The number of halogens is 1. The van der Waals surface area contributed by atoms with Gasteiger partial charge in [-0.25, -0.2) is 9.07 Å². The van der Waals surface area contributed by atoms with E-state index in [1.807, 2.05) is 10.9 Å². The number of carbonyl (C=O) groups excluding carboxylic acids is 2. The number of benzene rings is 1. The Bertz CT molecular complexity index is 1320. The molecule has 8 heteroatoms. The van der Waals surface area contributed by atoms with Gasteiger partial charge in [0.25, 0.3) is 0 Å². The first-order valence-electron chi connectivity index (χ1n) is 13.6. The van der Waals surface area contributed by atoms with Crippen molar-refractivity contribution in [1.82, 2.24) is 9.78 Å². The molecule has 6 rings (SSSR count). The van der Waals surface area contributed by atoms with E-state index in [1.54, 1.807) is 12.1 Å². The fourth-order valence-electron chi connectivity index (χ4n) is 8.97. The Morgan fingerprint density at radius 1 is 1.26 bits per heavy atom. The Hall–Kier alpha value is -2.45. The molecule has 1 heterocycles. The highest BCUT2D eigenvalue weighted by atomic mass is 32.1. The van der Waals surface area contributed by atoms with Gasteiger partial charge in [-0.1, -0.05) is 19.4 Å². The van der Waals surface area contributed by atoms with E-state index in [9.17, 15) is 19.1 Å². The molecule has 0 radical (unpaired) electrons. The molecule has 0 amide bonds. The molecule has 4 aliphatic rings. The van der Waals surface area contributed by atoms with Crippen LogP contribution in [0.4, 0.5) is 4.39 Å². The van der Waals surface area contributed by atoms with Crippen LogP contribution in [0, 0.1) is 40.3 Å². The molecule has 1 N–H and O–H groups in total. The molecule has 3 saturated carbocycles. The third-order valence-corrected chi connectivity index (χ3v) is 10.6. The Balaban J connectivity index is 1.36. The van der Waals surface area contributed by atoms with Crippen LogP contribution in [0.5, 0.6) is 0 Å². The number of aromatic nitrogens is 2. The zero-order valence-corrected chi connectivity index (χ0v) is 23.0. The highest BCUT2D eigenvalue weighted by Crippen LogP contribution is 2.67. The van der Waals surface area contributed by atoms with Gasteiger partial charge in [0.05, 0.1) is 29.6 Å². The number of Topliss-reactive ketones (excluding diaryl/α,β-unsaturated/α-hetero) is 1. The van der Waals surface area contributed by atoms with Gasteiger partial charge in [0.1, 0.15) is 17.7 Å². The second-order valence-corrected chi connectivity index (χ2v) is 12.6. The first-order chi connectivity index (χ1) is 18.1. The fraction of sp³-hybridized carbons (Fsp3) is 0.567. The molecule has 1 aromatic heterocycles. The number of fused-ring (bicyclic) bond motifs is 6. The average Bonchev–Trinajstić information content (AvgIpc) is 3.38. The summed E-state index contributed by atoms with van der Waals surface area (Å²) in [4.78, 5) is 25.1. The molecule has 1 aromatic carbocycles. The quantitative estimate of drug-likeness (QED) is 0.431. The monoisotopic (exact) mass is 538 g/mol. The highest BCUT2D eigenvalue weighted by Gasteiger charge is 2.66. The van der Waals surface area contributed by atoms with Gasteiger partial charge in [0, 0.05) is 12.7 Å². The van der Waals surface area contributed by atoms with Gasteiger partial charge in [-0.3, -0.25) is 9.59 Å². The minimum atomic E-state index is -0.574. The number of carbonyl (C=O) groups is 2. The number of allylic oxidation sites excluding steroid dienone is 1. The molecule has 38 heavy (non-hydrogen) atoms. The standard InChI is InChI=1S/C30H35FN2O4S/c1-16(34)37-26-11-22-21-9-4-18-10-23-17(14-32-33(23)20-7-5-19(31)6-8-20)12-29(18,2)27(21)24(35)13-30(22,3)28(26)25(36)15-38/h5-8,10,14,21-22,24,26-28,35,38H,4,9,11-13,15H2,1-3H3/t21-,22-,24-,26?,27+,28-,29-,30-/m0/s1. The van der Waals surface area contributed by atoms with Crippen LogP contribution in [0.15, 0.2) is 36.0 Å². The third kappa shape index (κ3) is 3.74. The second kappa shape index (κ2) is 9.05. The molecule has 202 valence electrons. The number of ketones is 1. The van der Waals surface area contributed by atoms with Gasteiger partial charge in [-0.15, -0.1) is 0 Å². The molecule has 6 nitrogen and oxygen atoms in total. The van der Waals surface area contributed by atoms with Crippen molar-refractivity contribution in [3.8, 4) is 5.69 Å². The molecule has 3 fully saturated rings. The molecular formula is C30H35FN2O4S. The van der Waals surface area contributed by atoms with Crippen molar-refractivity contribution in [3.05, 3.63) is 53.1 Å². The summed E-state index contributed by atoms with van der Waals surface area (Å²) in [5.74, 6) is -0.574. The van der Waals surface area contributed by atoms with E-state index >= 15 is 0 Å². The summed E-state index contributed by atoms with van der Waals surface area (Å²) in [5, 5.41) is 16.4. The molecule has 0 aliphatic heterocycles. The maximum atomic E-state index is 13.5. The lowest BCUT2D eigenvalue weighted by Gasteiger charge is -2.59. The molecule has 0 saturated heterocycles. The molecule has 8 atom stereocenters. The van der Waals surface area contributed by atoms with Crippen LogP contribution in [0.2, 0.25) is 0 Å². The average molecular weight is 539 g/mol. The van der Waals surface area contributed by atoms with Gasteiger partial charge in [-0.05, 0) is 96.6 Å². The van der Waals surface area contributed by atoms with Crippen LogP contribution in [-0.2, 0) is 20.7 Å². The molecule has 1 unspecified atom stereocenters. The summed E-state index contributed by atoms with van der Waals surface area (Å²) in [6.07, 6.45) is 6.82. The summed E-state index contributed by atoms with van der Waals surface area (Å²) < 4.78 is 21.1. The number of rotatable bonds is 4. The predicted molar refractivity (Wildman–Crippen MR) is 144 cm³/mol. The fourth-order valence-corrected chi connectivity index (χ4v) is 9.16. The summed E-state index contributed by atoms with van der Waals surface area (Å²) in [7, 11) is 0. The van der Waals surface area contributed by atoms with Crippen LogP contribution in [-0.4, -0.2) is 44.6 Å². The van der Waals surface area contributed by atoms with Crippen LogP contribution < -0.4 is 0 Å². The Morgan fingerprint density at radius 2 is 2.00 bits per heavy atom. The third-order valence-electron chi connectivity index (χ3n) is 10.3. The van der Waals surface area contributed by atoms with Crippen LogP contribution >= 0.6 is 12.6 Å². The Labute approximate surface area is 228 Å². The topological polar surface area (TPSA) is 81.4 Å². The number of hydrogen-bond donors (Lipinski definition) is 2. The van der Waals surface area contributed by atoms with Gasteiger partial charge >= 0.3 is 5.97 Å². The lowest BCUT2D eigenvalue weighted by molar-refractivity contribution is -0.153. The van der Waals surface area contributed by atoms with E-state index in [0.29, 0.717) is 12.8 Å². The van der Waals surface area contributed by atoms with Crippen LogP contribution in [0.3, 0.4) is 0 Å². The van der Waals surface area contributed by atoms with Crippen molar-refractivity contribution < 1.29 is 23.8 Å². The zero-order chi connectivity index (χ0) is 27.0. The Kier molecular flexibility index (Phi) is 6.15. The zero-order valence-electron chi connectivity index (χ0n) is 22.1. The number of aliphatic hydroxyl groups excluding tert-OH is 1. The van der Waals surface area contributed by atoms with E-state index < -0.39 is 23.5 Å². The van der Waals surface area contributed by atoms with Crippen molar-refractivity contribution in [1.29, 1.82) is 0 Å². The van der Waals surface area contributed by atoms with E-state index in [0.717, 1.165) is 36.2 Å². The summed E-state index contributed by atoms with van der Waals surface area (Å²) >= 11 is 4.28. The number of nitrogens with zero attached hydrogens (tertiary/aromatic N) is 2. The van der Waals surface area contributed by atoms with Gasteiger partial charge in [-0.2, -0.15) is 17.7 Å². The smallest absolute Gasteiger partial charge is 0.302 e. The second-order valence-electron chi connectivity index (χ2n) is 12.3. The van der Waals surface area contributed by atoms with Crippen molar-refractivity contribution in [3.63, 3.8) is 0 Å². The SMILES string of the molecule is CC(=O)OC1C[C@H]2[C@@H]3CCC4=Cc5c(cnn5-c5ccc(F)cc5)C[C@]4(C)[C@H]3[C@@H](O)C[C@]2(C)[C@H]1C(=O)CS. The maximum absolute atomic E-state index is 13.5. The molecule has 0 spiro atoms. The van der Waals surface area contributed by atoms with E-state index in [4.69, 9.17) is 4.74 Å². The first-order valence-corrected chi connectivity index (χ1v) is 14.2. The summed E-state index contributed by atoms with van der Waals surface area (Å²) in [5.41, 5.74) is 3.59. The molecule has 4 aliphatic carbocycles. The van der Waals surface area contributed by atoms with E-state index in [1.165, 1.54) is 24.6 Å². The minimum absolute atomic E-state index is 0.00615. The molecule has 0 bridgehead atoms. The number of aliphatic hydroxyl groups is 1. The van der Waals surface area contributed by atoms with Crippen molar-refractivity contribution >= 4 is 30.5 Å². The van der Waals surface area contributed by atoms with Crippen molar-refractivity contribution in [2.24, 2.45) is 34.5 Å². The minimum Gasteiger partial charge on any atom is -0.462 e. The normalized spacial score (nSPS) is 37.4. The largest absolute Gasteiger partial charge is 0.462 e. The first kappa shape index (κ1) is 25.8. The molecular weight excluding hydrogens is 503 g/mol. The van der Waals surface area contributed by atoms with Crippen molar-refractivity contribution in [2.75, 3.05) is 5.75 Å². The molecule has 2 aromatic rings. The van der Waals surface area contributed by atoms with Crippen molar-refractivity contribution in [2.45, 2.75) is 65.1 Å². The maximum Gasteiger partial charge on any atom is 0.302 e. The van der Waals surface area contributed by atoms with E-state index in [2.05, 4.69) is 37.7 Å². The number of thiol groups is 1. The van der Waals surface area contributed by atoms with Gasteiger partial charge in [0.15, 0.2) is 0 Å². The summed E-state index contributed by atoms with van der Waals surface area (Å²) in [6, 6.07) is 6.36. The number of ether oxygens (including phenoxy) is 1. The van der Waals surface area contributed by atoms with Gasteiger partial charge < -0.3 is 9.84 Å². The van der Waals surface area contributed by atoms with Gasteiger partial charge in [0.2, 0.25) is 0 Å². The van der Waals surface area contributed by atoms with Crippen LogP contribution in [0.25, 0.3) is 11.8 Å². The highest BCUT2D eigenvalue weighted by molar-refractivity contribution is 7.81.